The molecule has 0 atom stereocenters. The van der Waals surface area contributed by atoms with Crippen molar-refractivity contribution in [3.8, 4) is 0 Å². The van der Waals surface area contributed by atoms with E-state index in [9.17, 15) is 0 Å². The van der Waals surface area contributed by atoms with Crippen molar-refractivity contribution in [2.75, 3.05) is 5.32 Å². The third kappa shape index (κ3) is 3.33. The van der Waals surface area contributed by atoms with Crippen LogP contribution in [0.15, 0.2) is 41.1 Å². The third-order valence-corrected chi connectivity index (χ3v) is 3.10. The van der Waals surface area contributed by atoms with Gasteiger partial charge in [0.15, 0.2) is 0 Å². The van der Waals surface area contributed by atoms with Crippen molar-refractivity contribution in [3.63, 3.8) is 0 Å². The van der Waals surface area contributed by atoms with Crippen LogP contribution in [0, 0.1) is 0 Å². The molecule has 0 saturated carbocycles. The number of halogens is 1. The van der Waals surface area contributed by atoms with Gasteiger partial charge in [0, 0.05) is 29.1 Å². The normalized spacial score (nSPS) is 10.5. The van der Waals surface area contributed by atoms with Gasteiger partial charge in [0.25, 0.3) is 0 Å². The second-order valence-corrected chi connectivity index (χ2v) is 4.85. The molecule has 0 aliphatic heterocycles. The first kappa shape index (κ1) is 12.2. The Labute approximate surface area is 110 Å². The van der Waals surface area contributed by atoms with Crippen LogP contribution in [0.5, 0.6) is 0 Å². The van der Waals surface area contributed by atoms with E-state index in [0.29, 0.717) is 0 Å². The minimum atomic E-state index is 0.903. The van der Waals surface area contributed by atoms with Crippen LogP contribution < -0.4 is 5.32 Å². The van der Waals surface area contributed by atoms with Gasteiger partial charge in [-0.1, -0.05) is 29.3 Å². The largest absolute Gasteiger partial charge is 0.326 e. The molecule has 0 spiro atoms. The van der Waals surface area contributed by atoms with Crippen molar-refractivity contribution in [1.82, 2.24) is 9.55 Å². The number of unbranched alkanes of at least 4 members (excludes halogenated alkanes) is 1. The number of benzene rings is 1. The zero-order valence-electron chi connectivity index (χ0n) is 9.86. The number of nitrogens with one attached hydrogen (secondary N) is 1. The standard InChI is InChI=1S/C13H16BrN3/c1-2-3-9-17-10-8-15-13(17)16-12-6-4-11(14)5-7-12/h4-8,10H,2-3,9H2,1H3,(H,15,16). The van der Waals surface area contributed by atoms with Gasteiger partial charge in [-0.3, -0.25) is 0 Å². The first-order valence-electron chi connectivity index (χ1n) is 5.83. The molecule has 17 heavy (non-hydrogen) atoms. The molecule has 0 bridgehead atoms. The summed E-state index contributed by atoms with van der Waals surface area (Å²) in [5.41, 5.74) is 1.05. The van der Waals surface area contributed by atoms with Crippen LogP contribution in [0.25, 0.3) is 0 Å². The first-order chi connectivity index (χ1) is 8.29. The molecule has 0 amide bonds. The van der Waals surface area contributed by atoms with Gasteiger partial charge in [-0.05, 0) is 30.7 Å². The second kappa shape index (κ2) is 5.87. The van der Waals surface area contributed by atoms with Gasteiger partial charge >= 0.3 is 0 Å². The Balaban J connectivity index is 2.07. The van der Waals surface area contributed by atoms with E-state index in [1.165, 1.54) is 12.8 Å². The minimum absolute atomic E-state index is 0.903. The molecule has 1 aromatic carbocycles. The molecule has 2 rings (SSSR count). The van der Waals surface area contributed by atoms with E-state index in [0.717, 1.165) is 22.7 Å². The molecule has 1 heterocycles. The smallest absolute Gasteiger partial charge is 0.207 e. The van der Waals surface area contributed by atoms with Crippen molar-refractivity contribution < 1.29 is 0 Å². The van der Waals surface area contributed by atoms with E-state index in [1.54, 1.807) is 0 Å². The fourth-order valence-corrected chi connectivity index (χ4v) is 1.87. The number of hydrogen-bond acceptors (Lipinski definition) is 2. The molecular weight excluding hydrogens is 278 g/mol. The third-order valence-electron chi connectivity index (χ3n) is 2.57. The van der Waals surface area contributed by atoms with Gasteiger partial charge in [-0.25, -0.2) is 4.98 Å². The molecule has 1 N–H and O–H groups in total. The lowest BCUT2D eigenvalue weighted by Crippen LogP contribution is -2.03. The number of anilines is 2. The van der Waals surface area contributed by atoms with Gasteiger partial charge in [0.2, 0.25) is 5.95 Å². The maximum Gasteiger partial charge on any atom is 0.207 e. The lowest BCUT2D eigenvalue weighted by Gasteiger charge is -2.09. The molecule has 4 heteroatoms. The molecule has 3 nitrogen and oxygen atoms in total. The predicted molar refractivity (Wildman–Crippen MR) is 74.6 cm³/mol. The average Bonchev–Trinajstić information content (AvgIpc) is 2.77. The van der Waals surface area contributed by atoms with Crippen LogP contribution in [0.3, 0.4) is 0 Å². The number of aromatic nitrogens is 2. The van der Waals surface area contributed by atoms with Crippen molar-refractivity contribution in [2.24, 2.45) is 0 Å². The zero-order chi connectivity index (χ0) is 12.1. The summed E-state index contributed by atoms with van der Waals surface area (Å²) in [5, 5.41) is 3.32. The summed E-state index contributed by atoms with van der Waals surface area (Å²) in [7, 11) is 0. The summed E-state index contributed by atoms with van der Waals surface area (Å²) in [5.74, 6) is 0.903. The summed E-state index contributed by atoms with van der Waals surface area (Å²) in [6, 6.07) is 8.09. The number of nitrogens with zero attached hydrogens (tertiary/aromatic N) is 2. The minimum Gasteiger partial charge on any atom is -0.326 e. The highest BCUT2D eigenvalue weighted by Crippen LogP contribution is 2.18. The van der Waals surface area contributed by atoms with E-state index in [2.05, 4.69) is 37.7 Å². The summed E-state index contributed by atoms with van der Waals surface area (Å²) < 4.78 is 3.23. The van der Waals surface area contributed by atoms with Gasteiger partial charge in [0.1, 0.15) is 0 Å². The lowest BCUT2D eigenvalue weighted by molar-refractivity contribution is 0.638. The molecule has 0 aliphatic carbocycles. The topological polar surface area (TPSA) is 29.9 Å². The van der Waals surface area contributed by atoms with E-state index in [4.69, 9.17) is 0 Å². The van der Waals surface area contributed by atoms with Gasteiger partial charge < -0.3 is 9.88 Å². The Morgan fingerprint density at radius 1 is 1.29 bits per heavy atom. The fraction of sp³-hybridized carbons (Fsp3) is 0.308. The molecule has 0 unspecified atom stereocenters. The number of rotatable bonds is 5. The summed E-state index contributed by atoms with van der Waals surface area (Å²) >= 11 is 3.42. The Morgan fingerprint density at radius 3 is 2.76 bits per heavy atom. The number of imidazole rings is 1. The monoisotopic (exact) mass is 293 g/mol. The average molecular weight is 294 g/mol. The molecule has 1 aromatic heterocycles. The van der Waals surface area contributed by atoms with Crippen LogP contribution in [-0.2, 0) is 6.54 Å². The zero-order valence-corrected chi connectivity index (χ0v) is 11.4. The Hall–Kier alpha value is -1.29. The van der Waals surface area contributed by atoms with Crippen molar-refractivity contribution >= 4 is 27.6 Å². The highest BCUT2D eigenvalue weighted by molar-refractivity contribution is 9.10. The number of aryl methyl sites for hydroxylation is 1. The van der Waals surface area contributed by atoms with Crippen LogP contribution in [0.4, 0.5) is 11.6 Å². The molecule has 0 aliphatic rings. The van der Waals surface area contributed by atoms with E-state index < -0.39 is 0 Å². The Bertz CT molecular complexity index is 462. The molecular formula is C13H16BrN3. The summed E-state index contributed by atoms with van der Waals surface area (Å²) in [6.45, 7) is 3.20. The first-order valence-corrected chi connectivity index (χ1v) is 6.62. The van der Waals surface area contributed by atoms with Crippen molar-refractivity contribution in [2.45, 2.75) is 26.3 Å². The van der Waals surface area contributed by atoms with Crippen LogP contribution in [0.2, 0.25) is 0 Å². The van der Waals surface area contributed by atoms with Gasteiger partial charge in [-0.2, -0.15) is 0 Å². The maximum atomic E-state index is 4.33. The van der Waals surface area contributed by atoms with E-state index >= 15 is 0 Å². The molecule has 2 aromatic rings. The van der Waals surface area contributed by atoms with Crippen LogP contribution in [0.1, 0.15) is 19.8 Å². The SMILES string of the molecule is CCCCn1ccnc1Nc1ccc(Br)cc1. The van der Waals surface area contributed by atoms with Crippen LogP contribution >= 0.6 is 15.9 Å². The fourth-order valence-electron chi connectivity index (χ4n) is 1.60. The molecule has 0 saturated heterocycles. The predicted octanol–water partition coefficient (Wildman–Crippen LogP) is 4.19. The quantitative estimate of drug-likeness (QED) is 0.896. The highest BCUT2D eigenvalue weighted by Gasteiger charge is 2.02. The van der Waals surface area contributed by atoms with Crippen molar-refractivity contribution in [1.29, 1.82) is 0 Å². The summed E-state index contributed by atoms with van der Waals surface area (Å²) in [6.07, 6.45) is 6.20. The van der Waals surface area contributed by atoms with Gasteiger partial charge in [-0.15, -0.1) is 0 Å². The second-order valence-electron chi connectivity index (χ2n) is 3.93. The Morgan fingerprint density at radius 2 is 2.06 bits per heavy atom. The molecule has 90 valence electrons. The van der Waals surface area contributed by atoms with Crippen molar-refractivity contribution in [3.05, 3.63) is 41.1 Å². The highest BCUT2D eigenvalue weighted by atomic mass is 79.9. The Kier molecular flexibility index (Phi) is 4.20. The lowest BCUT2D eigenvalue weighted by atomic mass is 10.3. The maximum absolute atomic E-state index is 4.33. The molecule has 0 radical (unpaired) electrons. The number of hydrogen-bond donors (Lipinski definition) is 1. The summed E-state index contributed by atoms with van der Waals surface area (Å²) in [4.78, 5) is 4.33. The molecule has 0 fully saturated rings. The van der Waals surface area contributed by atoms with Gasteiger partial charge in [0.05, 0.1) is 0 Å². The van der Waals surface area contributed by atoms with Crippen LogP contribution in [-0.4, -0.2) is 9.55 Å². The van der Waals surface area contributed by atoms with E-state index in [1.807, 2.05) is 36.7 Å². The van der Waals surface area contributed by atoms with E-state index in [-0.39, 0.29) is 0 Å².